The summed E-state index contributed by atoms with van der Waals surface area (Å²) < 4.78 is 9.64. The van der Waals surface area contributed by atoms with E-state index in [9.17, 15) is 1.37 Å². The number of anilines is 2. The Morgan fingerprint density at radius 1 is 0.677 bits per heavy atom. The number of aryl methyl sites for hydroxylation is 2. The Morgan fingerprint density at radius 2 is 1.23 bits per heavy atom. The fourth-order valence-electron chi connectivity index (χ4n) is 5.64. The lowest BCUT2D eigenvalue weighted by molar-refractivity contribution is 0.632. The molecule has 2 atom stereocenters. The molecular formula is C30H27N. The Bertz CT molecular complexity index is 1230. The van der Waals surface area contributed by atoms with E-state index >= 15 is 0 Å². The van der Waals surface area contributed by atoms with Gasteiger partial charge in [-0.05, 0) is 55.2 Å². The second kappa shape index (κ2) is 6.59. The zero-order valence-corrected chi connectivity index (χ0v) is 18.0. The molecule has 31 heavy (non-hydrogen) atoms. The minimum Gasteiger partial charge on any atom is -0.340 e. The van der Waals surface area contributed by atoms with E-state index in [4.69, 9.17) is 0 Å². The van der Waals surface area contributed by atoms with E-state index in [1.165, 1.54) is 33.5 Å². The smallest absolute Gasteiger partial charge is 0.0507 e. The molecule has 0 amide bonds. The molecule has 1 spiro atoms. The van der Waals surface area contributed by atoms with Gasteiger partial charge in [-0.25, -0.2) is 0 Å². The van der Waals surface area contributed by atoms with Gasteiger partial charge >= 0.3 is 0 Å². The summed E-state index contributed by atoms with van der Waals surface area (Å²) in [5.74, 6) is 0. The standard InChI is InChI=1S/C30H27N/c1-22-12-16-24(17-13-22)30(25-18-14-23(2)15-19-25)20-29(30)21-31(26-8-4-3-5-9-26)28-11-7-6-10-27(28)29/h3-19H,20-21H2,1-2H3/i21D. The van der Waals surface area contributed by atoms with Gasteiger partial charge in [0, 0.05) is 28.7 Å². The molecule has 1 aliphatic carbocycles. The highest BCUT2D eigenvalue weighted by Crippen LogP contribution is 2.73. The molecular weight excluding hydrogens is 374 g/mol. The molecule has 0 aromatic heterocycles. The second-order valence-corrected chi connectivity index (χ2v) is 9.14. The summed E-state index contributed by atoms with van der Waals surface area (Å²) >= 11 is 0. The lowest BCUT2D eigenvalue weighted by atomic mass is 9.77. The zero-order valence-electron chi connectivity index (χ0n) is 19.0. The van der Waals surface area contributed by atoms with Crippen LogP contribution in [0.3, 0.4) is 0 Å². The van der Waals surface area contributed by atoms with E-state index in [0.29, 0.717) is 0 Å². The lowest BCUT2D eigenvalue weighted by Crippen LogP contribution is -2.28. The van der Waals surface area contributed by atoms with Gasteiger partial charge in [0.1, 0.15) is 0 Å². The van der Waals surface area contributed by atoms with Crippen molar-refractivity contribution in [3.8, 4) is 0 Å². The monoisotopic (exact) mass is 402 g/mol. The van der Waals surface area contributed by atoms with Crippen molar-refractivity contribution < 1.29 is 1.37 Å². The molecule has 1 heteroatoms. The molecule has 0 N–H and O–H groups in total. The second-order valence-electron chi connectivity index (χ2n) is 9.14. The normalized spacial score (nSPS) is 23.5. The van der Waals surface area contributed by atoms with Crippen molar-refractivity contribution in [1.82, 2.24) is 0 Å². The van der Waals surface area contributed by atoms with Crippen LogP contribution in [0.15, 0.2) is 103 Å². The molecule has 2 unspecified atom stereocenters. The van der Waals surface area contributed by atoms with Crippen molar-refractivity contribution in [1.29, 1.82) is 0 Å². The maximum Gasteiger partial charge on any atom is 0.0507 e. The maximum absolute atomic E-state index is 9.64. The van der Waals surface area contributed by atoms with Crippen LogP contribution in [0, 0.1) is 13.8 Å². The van der Waals surface area contributed by atoms with Gasteiger partial charge in [-0.2, -0.15) is 0 Å². The molecule has 152 valence electrons. The number of benzene rings is 4. The van der Waals surface area contributed by atoms with Crippen LogP contribution < -0.4 is 4.90 Å². The summed E-state index contributed by atoms with van der Waals surface area (Å²) in [6.45, 7) is 3.88. The summed E-state index contributed by atoms with van der Waals surface area (Å²) in [6.07, 6.45) is 0.945. The van der Waals surface area contributed by atoms with Gasteiger partial charge in [0.25, 0.3) is 0 Å². The third kappa shape index (κ3) is 2.56. The SMILES string of the molecule is [2H]C1N(c2ccccc2)c2ccccc2C12CC2(c1ccc(C)cc1)c1ccc(C)cc1. The molecule has 1 heterocycles. The minimum atomic E-state index is -0.398. The van der Waals surface area contributed by atoms with E-state index < -0.39 is 6.52 Å². The minimum absolute atomic E-state index is 0.208. The molecule has 1 aliphatic heterocycles. The van der Waals surface area contributed by atoms with Crippen LogP contribution in [0.1, 0.15) is 35.6 Å². The summed E-state index contributed by atoms with van der Waals surface area (Å²) in [5.41, 5.74) is 8.22. The number of rotatable bonds is 3. The number of hydrogen-bond acceptors (Lipinski definition) is 1. The molecule has 4 aromatic rings. The zero-order chi connectivity index (χ0) is 21.9. The molecule has 1 fully saturated rings. The molecule has 0 radical (unpaired) electrons. The first kappa shape index (κ1) is 17.4. The van der Waals surface area contributed by atoms with Crippen LogP contribution in [-0.4, -0.2) is 6.52 Å². The Kier molecular flexibility index (Phi) is 3.69. The molecule has 2 aliphatic rings. The van der Waals surface area contributed by atoms with E-state index in [1.807, 2.05) is 6.07 Å². The fourth-order valence-corrected chi connectivity index (χ4v) is 5.64. The number of hydrogen-bond donors (Lipinski definition) is 0. The van der Waals surface area contributed by atoms with E-state index in [-0.39, 0.29) is 10.8 Å². The highest BCUT2D eigenvalue weighted by molar-refractivity contribution is 5.78. The van der Waals surface area contributed by atoms with Crippen LogP contribution in [-0.2, 0) is 10.8 Å². The molecule has 6 rings (SSSR count). The van der Waals surface area contributed by atoms with E-state index in [1.54, 1.807) is 0 Å². The average Bonchev–Trinajstić information content (AvgIpc) is 3.46. The molecule has 0 bridgehead atoms. The van der Waals surface area contributed by atoms with Gasteiger partial charge in [-0.15, -0.1) is 0 Å². The summed E-state index contributed by atoms with van der Waals surface area (Å²) in [4.78, 5) is 2.24. The Labute approximate surface area is 186 Å². The van der Waals surface area contributed by atoms with Crippen molar-refractivity contribution in [3.05, 3.63) is 131 Å². The maximum atomic E-state index is 9.64. The van der Waals surface area contributed by atoms with Crippen molar-refractivity contribution >= 4 is 11.4 Å². The van der Waals surface area contributed by atoms with E-state index in [2.05, 4.69) is 116 Å². The number of nitrogens with zero attached hydrogens (tertiary/aromatic N) is 1. The van der Waals surface area contributed by atoms with Crippen molar-refractivity contribution in [3.63, 3.8) is 0 Å². The Hall–Kier alpha value is -3.32. The molecule has 0 saturated heterocycles. The summed E-state index contributed by atoms with van der Waals surface area (Å²) in [5, 5.41) is 0. The lowest BCUT2D eigenvalue weighted by Gasteiger charge is -2.26. The molecule has 1 saturated carbocycles. The largest absolute Gasteiger partial charge is 0.340 e. The third-order valence-corrected chi connectivity index (χ3v) is 7.30. The van der Waals surface area contributed by atoms with Crippen LogP contribution in [0.4, 0.5) is 11.4 Å². The van der Waals surface area contributed by atoms with Crippen molar-refractivity contribution in [2.24, 2.45) is 0 Å². The number of fused-ring (bicyclic) bond motifs is 2. The van der Waals surface area contributed by atoms with Gasteiger partial charge in [0.05, 0.1) is 1.37 Å². The summed E-state index contributed by atoms with van der Waals surface area (Å²) in [6, 6.07) is 37.1. The Morgan fingerprint density at radius 3 is 1.84 bits per heavy atom. The van der Waals surface area contributed by atoms with Crippen LogP contribution >= 0.6 is 0 Å². The van der Waals surface area contributed by atoms with Gasteiger partial charge in [0.15, 0.2) is 0 Å². The predicted molar refractivity (Wildman–Crippen MR) is 129 cm³/mol. The fraction of sp³-hybridized carbons (Fsp3) is 0.200. The predicted octanol–water partition coefficient (Wildman–Crippen LogP) is 7.08. The topological polar surface area (TPSA) is 3.24 Å². The van der Waals surface area contributed by atoms with E-state index in [0.717, 1.165) is 12.1 Å². The summed E-state index contributed by atoms with van der Waals surface area (Å²) in [7, 11) is 0. The van der Waals surface area contributed by atoms with Crippen molar-refractivity contribution in [2.75, 3.05) is 11.4 Å². The highest BCUT2D eigenvalue weighted by atomic mass is 15.2. The molecule has 1 nitrogen and oxygen atoms in total. The van der Waals surface area contributed by atoms with Gasteiger partial charge in [0.2, 0.25) is 0 Å². The van der Waals surface area contributed by atoms with Crippen LogP contribution in [0.5, 0.6) is 0 Å². The highest BCUT2D eigenvalue weighted by Gasteiger charge is 2.72. The molecule has 4 aromatic carbocycles. The number of para-hydroxylation sites is 2. The first-order chi connectivity index (χ1) is 15.6. The van der Waals surface area contributed by atoms with Crippen LogP contribution in [0.25, 0.3) is 0 Å². The van der Waals surface area contributed by atoms with Crippen LogP contribution in [0.2, 0.25) is 0 Å². The van der Waals surface area contributed by atoms with Crippen molar-refractivity contribution in [2.45, 2.75) is 31.1 Å². The van der Waals surface area contributed by atoms with Gasteiger partial charge in [-0.1, -0.05) is 96.1 Å². The van der Waals surface area contributed by atoms with Gasteiger partial charge < -0.3 is 4.90 Å². The quantitative estimate of drug-likeness (QED) is 0.354. The Balaban J connectivity index is 1.60. The third-order valence-electron chi connectivity index (χ3n) is 7.30. The van der Waals surface area contributed by atoms with Gasteiger partial charge in [-0.3, -0.25) is 0 Å². The first-order valence-corrected chi connectivity index (χ1v) is 11.1. The first-order valence-electron chi connectivity index (χ1n) is 11.7. The average molecular weight is 403 g/mol.